The Labute approximate surface area is 114 Å². The minimum Gasteiger partial charge on any atom is -0.480 e. The van der Waals surface area contributed by atoms with Crippen molar-refractivity contribution >= 4 is 33.3 Å². The number of aliphatic carboxylic acids is 1. The van der Waals surface area contributed by atoms with E-state index in [9.17, 15) is 14.7 Å². The van der Waals surface area contributed by atoms with Gasteiger partial charge in [0.1, 0.15) is 5.54 Å². The summed E-state index contributed by atoms with van der Waals surface area (Å²) in [4.78, 5) is 23.4. The van der Waals surface area contributed by atoms with Gasteiger partial charge in [0.05, 0.1) is 0 Å². The van der Waals surface area contributed by atoms with Crippen LogP contribution in [0.5, 0.6) is 0 Å². The van der Waals surface area contributed by atoms with Gasteiger partial charge in [0, 0.05) is 10.3 Å². The average Bonchev–Trinajstić information content (AvgIpc) is 2.79. The van der Waals surface area contributed by atoms with Crippen molar-refractivity contribution in [3.63, 3.8) is 0 Å². The molecule has 1 amide bonds. The maximum Gasteiger partial charge on any atom is 0.329 e. The van der Waals surface area contributed by atoms with E-state index < -0.39 is 11.5 Å². The zero-order valence-corrected chi connectivity index (χ0v) is 11.0. The van der Waals surface area contributed by atoms with Crippen LogP contribution in [0.2, 0.25) is 0 Å². The van der Waals surface area contributed by atoms with E-state index >= 15 is 0 Å². The van der Waals surface area contributed by atoms with Crippen LogP contribution in [0.3, 0.4) is 0 Å². The van der Waals surface area contributed by atoms with E-state index in [0.717, 1.165) is 16.5 Å². The van der Waals surface area contributed by atoms with Crippen LogP contribution in [-0.2, 0) is 4.79 Å². The smallest absolute Gasteiger partial charge is 0.329 e. The molecule has 0 radical (unpaired) electrons. The number of amides is 1. The Balaban J connectivity index is 1.85. The Morgan fingerprint density at radius 2 is 2.05 bits per heavy atom. The van der Waals surface area contributed by atoms with Gasteiger partial charge in [0.15, 0.2) is 0 Å². The van der Waals surface area contributed by atoms with Crippen LogP contribution in [-0.4, -0.2) is 22.5 Å². The quantitative estimate of drug-likeness (QED) is 0.905. The molecule has 2 N–H and O–H groups in total. The number of carboxylic acid groups (broad SMARTS) is 1. The first-order valence-electron chi connectivity index (χ1n) is 6.14. The van der Waals surface area contributed by atoms with E-state index in [0.29, 0.717) is 18.4 Å². The summed E-state index contributed by atoms with van der Waals surface area (Å²) in [6, 6.07) is 7.38. The first-order chi connectivity index (χ1) is 9.11. The molecule has 0 unspecified atom stereocenters. The largest absolute Gasteiger partial charge is 0.480 e. The standard InChI is InChI=1S/C14H13NO3S/c16-12(15-14(13(17)18)5-1-6-14)10-2-3-11-9(8-10)4-7-19-11/h2-4,7-8H,1,5-6H2,(H,15,16)(H,17,18). The summed E-state index contributed by atoms with van der Waals surface area (Å²) < 4.78 is 1.12. The minimum atomic E-state index is -1.05. The SMILES string of the molecule is O=C(NC1(C(=O)O)CCC1)c1ccc2sccc2c1. The van der Waals surface area contributed by atoms with E-state index in [1.807, 2.05) is 17.5 Å². The summed E-state index contributed by atoms with van der Waals surface area (Å²) in [6.45, 7) is 0. The third-order valence-corrected chi connectivity index (χ3v) is 4.58. The third-order valence-electron chi connectivity index (χ3n) is 3.68. The summed E-state index contributed by atoms with van der Waals surface area (Å²) in [5.74, 6) is -1.25. The number of carbonyl (C=O) groups excluding carboxylic acids is 1. The van der Waals surface area contributed by atoms with Crippen molar-refractivity contribution in [2.45, 2.75) is 24.8 Å². The molecule has 1 aliphatic rings. The fourth-order valence-electron chi connectivity index (χ4n) is 2.32. The summed E-state index contributed by atoms with van der Waals surface area (Å²) in [5.41, 5.74) is -0.542. The summed E-state index contributed by atoms with van der Waals surface area (Å²) in [5, 5.41) is 14.9. The minimum absolute atomic E-state index is 0.310. The number of thiophene rings is 1. The lowest BCUT2D eigenvalue weighted by Gasteiger charge is -2.38. The normalized spacial score (nSPS) is 16.8. The van der Waals surface area contributed by atoms with Gasteiger partial charge in [-0.15, -0.1) is 11.3 Å². The molecule has 19 heavy (non-hydrogen) atoms. The van der Waals surface area contributed by atoms with Gasteiger partial charge in [-0.2, -0.15) is 0 Å². The highest BCUT2D eigenvalue weighted by molar-refractivity contribution is 7.17. The molecule has 1 fully saturated rings. The predicted molar refractivity (Wildman–Crippen MR) is 73.5 cm³/mol. The second kappa shape index (κ2) is 4.35. The number of carboxylic acids is 1. The molecule has 0 bridgehead atoms. The van der Waals surface area contributed by atoms with E-state index in [1.165, 1.54) is 0 Å². The molecular formula is C14H13NO3S. The van der Waals surface area contributed by atoms with E-state index in [4.69, 9.17) is 0 Å². The molecule has 98 valence electrons. The van der Waals surface area contributed by atoms with Crippen molar-refractivity contribution < 1.29 is 14.7 Å². The predicted octanol–water partition coefficient (Wildman–Crippen LogP) is 2.64. The van der Waals surface area contributed by atoms with Gasteiger partial charge in [-0.05, 0) is 54.3 Å². The summed E-state index contributed by atoms with van der Waals surface area (Å²) in [6.07, 6.45) is 1.86. The number of hydrogen-bond acceptors (Lipinski definition) is 3. The zero-order valence-electron chi connectivity index (χ0n) is 10.2. The van der Waals surface area contributed by atoms with Crippen molar-refractivity contribution in [1.82, 2.24) is 5.32 Å². The highest BCUT2D eigenvalue weighted by atomic mass is 32.1. The molecule has 5 heteroatoms. The molecule has 3 rings (SSSR count). The number of fused-ring (bicyclic) bond motifs is 1. The number of carbonyl (C=O) groups is 2. The van der Waals surface area contributed by atoms with Gasteiger partial charge < -0.3 is 10.4 Å². The van der Waals surface area contributed by atoms with Crippen LogP contribution >= 0.6 is 11.3 Å². The van der Waals surface area contributed by atoms with Crippen molar-refractivity contribution in [3.8, 4) is 0 Å². The first-order valence-corrected chi connectivity index (χ1v) is 7.02. The first kappa shape index (κ1) is 12.2. The molecule has 0 spiro atoms. The molecule has 1 heterocycles. The van der Waals surface area contributed by atoms with Crippen molar-refractivity contribution in [2.24, 2.45) is 0 Å². The molecule has 1 saturated carbocycles. The lowest BCUT2D eigenvalue weighted by atomic mass is 9.76. The monoisotopic (exact) mass is 275 g/mol. The number of hydrogen-bond donors (Lipinski definition) is 2. The van der Waals surface area contributed by atoms with E-state index in [2.05, 4.69) is 5.32 Å². The molecule has 2 aromatic rings. The Bertz CT molecular complexity index is 658. The Hall–Kier alpha value is -1.88. The van der Waals surface area contributed by atoms with Crippen LogP contribution in [0, 0.1) is 0 Å². The van der Waals surface area contributed by atoms with Gasteiger partial charge in [0.2, 0.25) is 0 Å². The molecular weight excluding hydrogens is 262 g/mol. The van der Waals surface area contributed by atoms with Crippen molar-refractivity contribution in [1.29, 1.82) is 0 Å². The number of benzene rings is 1. The van der Waals surface area contributed by atoms with Crippen LogP contribution in [0.15, 0.2) is 29.6 Å². The Morgan fingerprint density at radius 1 is 1.26 bits per heavy atom. The molecule has 0 atom stereocenters. The second-order valence-electron chi connectivity index (χ2n) is 4.87. The Kier molecular flexibility index (Phi) is 2.78. The summed E-state index contributed by atoms with van der Waals surface area (Å²) in [7, 11) is 0. The molecule has 1 aliphatic carbocycles. The topological polar surface area (TPSA) is 66.4 Å². The Morgan fingerprint density at radius 3 is 2.68 bits per heavy atom. The molecule has 4 nitrogen and oxygen atoms in total. The fourth-order valence-corrected chi connectivity index (χ4v) is 3.09. The van der Waals surface area contributed by atoms with Crippen molar-refractivity contribution in [3.05, 3.63) is 35.2 Å². The van der Waals surface area contributed by atoms with E-state index in [1.54, 1.807) is 23.5 Å². The van der Waals surface area contributed by atoms with Crippen LogP contribution < -0.4 is 5.32 Å². The maximum atomic E-state index is 12.2. The van der Waals surface area contributed by atoms with Gasteiger partial charge in [0.25, 0.3) is 5.91 Å². The third kappa shape index (κ3) is 2.00. The lowest BCUT2D eigenvalue weighted by Crippen LogP contribution is -2.59. The van der Waals surface area contributed by atoms with Gasteiger partial charge >= 0.3 is 5.97 Å². The zero-order chi connectivity index (χ0) is 13.5. The van der Waals surface area contributed by atoms with Crippen LogP contribution in [0.4, 0.5) is 0 Å². The van der Waals surface area contributed by atoms with Crippen LogP contribution in [0.25, 0.3) is 10.1 Å². The molecule has 0 saturated heterocycles. The average molecular weight is 275 g/mol. The molecule has 1 aromatic carbocycles. The maximum absolute atomic E-state index is 12.2. The van der Waals surface area contributed by atoms with Gasteiger partial charge in [-0.25, -0.2) is 4.79 Å². The van der Waals surface area contributed by atoms with Crippen LogP contribution in [0.1, 0.15) is 29.6 Å². The van der Waals surface area contributed by atoms with E-state index in [-0.39, 0.29) is 5.91 Å². The second-order valence-corrected chi connectivity index (χ2v) is 5.82. The summed E-state index contributed by atoms with van der Waals surface area (Å²) >= 11 is 1.62. The molecule has 0 aliphatic heterocycles. The van der Waals surface area contributed by atoms with Gasteiger partial charge in [-0.1, -0.05) is 0 Å². The molecule has 1 aromatic heterocycles. The van der Waals surface area contributed by atoms with Crippen molar-refractivity contribution in [2.75, 3.05) is 0 Å². The number of nitrogens with one attached hydrogen (secondary N) is 1. The highest BCUT2D eigenvalue weighted by Crippen LogP contribution is 2.32. The number of rotatable bonds is 3. The van der Waals surface area contributed by atoms with Gasteiger partial charge in [-0.3, -0.25) is 4.79 Å². The fraction of sp³-hybridized carbons (Fsp3) is 0.286. The lowest BCUT2D eigenvalue weighted by molar-refractivity contribution is -0.148. The highest BCUT2D eigenvalue weighted by Gasteiger charge is 2.45.